The van der Waals surface area contributed by atoms with Crippen LogP contribution in [0.1, 0.15) is 328 Å². The first-order valence-electron chi connectivity index (χ1n) is 33.2. The van der Waals surface area contributed by atoms with Crippen molar-refractivity contribution in [1.82, 2.24) is 5.32 Å². The highest BCUT2D eigenvalue weighted by Gasteiger charge is 2.44. The van der Waals surface area contributed by atoms with Crippen LogP contribution in [0.3, 0.4) is 0 Å². The number of unbranched alkanes of at least 4 members (excludes halogenated alkanes) is 44. The third-order valence-corrected chi connectivity index (χ3v) is 15.9. The van der Waals surface area contributed by atoms with Gasteiger partial charge in [0.25, 0.3) is 0 Å². The third kappa shape index (κ3) is 45.2. The molecule has 9 heteroatoms. The maximum atomic E-state index is 13.1. The molecule has 0 radical (unpaired) electrons. The summed E-state index contributed by atoms with van der Waals surface area (Å²) in [6.45, 7) is 3.81. The molecule has 1 aliphatic rings. The van der Waals surface area contributed by atoms with Crippen LogP contribution in [0.5, 0.6) is 0 Å². The quantitative estimate of drug-likeness (QED) is 0.0261. The van der Waals surface area contributed by atoms with E-state index in [0.717, 1.165) is 38.5 Å². The molecule has 1 aliphatic heterocycles. The molecule has 0 aromatic rings. The summed E-state index contributed by atoms with van der Waals surface area (Å²) in [5.74, 6) is -0.181. The predicted molar refractivity (Wildman–Crippen MR) is 323 cm³/mol. The highest BCUT2D eigenvalue weighted by molar-refractivity contribution is 5.76. The van der Waals surface area contributed by atoms with Gasteiger partial charge in [-0.15, -0.1) is 0 Å². The van der Waals surface area contributed by atoms with Crippen LogP contribution < -0.4 is 5.32 Å². The highest BCUT2D eigenvalue weighted by atomic mass is 16.7. The Morgan fingerprint density at radius 3 is 1.11 bits per heavy atom. The van der Waals surface area contributed by atoms with E-state index in [9.17, 15) is 30.3 Å². The summed E-state index contributed by atoms with van der Waals surface area (Å²) in [6.07, 6.45) is 68.2. The van der Waals surface area contributed by atoms with Gasteiger partial charge in [-0.1, -0.05) is 301 Å². The van der Waals surface area contributed by atoms with Gasteiger partial charge in [-0.25, -0.2) is 0 Å². The summed E-state index contributed by atoms with van der Waals surface area (Å²) in [5, 5.41) is 54.6. The fourth-order valence-electron chi connectivity index (χ4n) is 10.7. The first-order valence-corrected chi connectivity index (χ1v) is 33.2. The molecular weight excluding hydrogens is 947 g/mol. The maximum Gasteiger partial charge on any atom is 0.220 e. The maximum absolute atomic E-state index is 13.1. The van der Waals surface area contributed by atoms with E-state index < -0.39 is 49.5 Å². The zero-order valence-electron chi connectivity index (χ0n) is 50.0. The summed E-state index contributed by atoms with van der Waals surface area (Å²) in [7, 11) is 0. The fourth-order valence-corrected chi connectivity index (χ4v) is 10.7. The van der Waals surface area contributed by atoms with E-state index in [1.165, 1.54) is 270 Å². The van der Waals surface area contributed by atoms with Gasteiger partial charge in [0.2, 0.25) is 5.91 Å². The summed E-state index contributed by atoms with van der Waals surface area (Å²) >= 11 is 0. The molecule has 9 nitrogen and oxygen atoms in total. The Bertz CT molecular complexity index is 1290. The topological polar surface area (TPSA) is 149 Å². The van der Waals surface area contributed by atoms with Crippen molar-refractivity contribution in [3.63, 3.8) is 0 Å². The van der Waals surface area contributed by atoms with E-state index >= 15 is 0 Å². The third-order valence-electron chi connectivity index (χ3n) is 15.9. The number of ether oxygens (including phenoxy) is 2. The summed E-state index contributed by atoms with van der Waals surface area (Å²) in [5.41, 5.74) is 0. The van der Waals surface area contributed by atoms with Crippen LogP contribution in [-0.4, -0.2) is 87.5 Å². The van der Waals surface area contributed by atoms with E-state index in [-0.39, 0.29) is 12.5 Å². The predicted octanol–water partition coefficient (Wildman–Crippen LogP) is 17.5. The van der Waals surface area contributed by atoms with Crippen molar-refractivity contribution in [2.24, 2.45) is 0 Å². The molecule has 76 heavy (non-hydrogen) atoms. The smallest absolute Gasteiger partial charge is 0.220 e. The first kappa shape index (κ1) is 72.4. The van der Waals surface area contributed by atoms with E-state index in [0.29, 0.717) is 6.42 Å². The number of carbonyl (C=O) groups excluding carboxylic acids is 1. The SMILES string of the molecule is CCCCCCCCCCCCCC/C=C\CCCCCCCCCCCCCCCCCCC(=O)NC(COC1OC(CO)C(O)C(O)C1O)C(O)/C=C/CC/C=C/CCCCCCCCCCCCCCCCC. The minimum absolute atomic E-state index is 0.181. The lowest BCUT2D eigenvalue weighted by Crippen LogP contribution is -2.60. The number of hydrogen-bond acceptors (Lipinski definition) is 8. The van der Waals surface area contributed by atoms with Crippen LogP contribution in [-0.2, 0) is 14.3 Å². The molecule has 0 bridgehead atoms. The average Bonchev–Trinajstić information content (AvgIpc) is 3.42. The zero-order valence-corrected chi connectivity index (χ0v) is 50.0. The van der Waals surface area contributed by atoms with Gasteiger partial charge < -0.3 is 40.3 Å². The zero-order chi connectivity index (χ0) is 55.0. The average molecular weight is 1070 g/mol. The minimum atomic E-state index is -1.57. The van der Waals surface area contributed by atoms with Gasteiger partial charge >= 0.3 is 0 Å². The number of carbonyl (C=O) groups is 1. The summed E-state index contributed by atoms with van der Waals surface area (Å²) in [6, 6.07) is -0.821. The van der Waals surface area contributed by atoms with Crippen molar-refractivity contribution in [3.05, 3.63) is 36.5 Å². The Morgan fingerprint density at radius 2 is 0.750 bits per heavy atom. The number of hydrogen-bond donors (Lipinski definition) is 6. The Balaban J connectivity index is 2.14. The Kier molecular flexibility index (Phi) is 54.0. The molecule has 0 aromatic carbocycles. The van der Waals surface area contributed by atoms with Crippen molar-refractivity contribution in [2.45, 2.75) is 371 Å². The van der Waals surface area contributed by atoms with E-state index in [2.05, 4.69) is 43.5 Å². The van der Waals surface area contributed by atoms with Crippen molar-refractivity contribution < 1.29 is 39.8 Å². The number of aliphatic hydroxyl groups is 5. The van der Waals surface area contributed by atoms with E-state index in [1.807, 2.05) is 6.08 Å². The fraction of sp³-hybridized carbons (Fsp3) is 0.896. The molecule has 1 heterocycles. The van der Waals surface area contributed by atoms with Crippen LogP contribution in [0.25, 0.3) is 0 Å². The lowest BCUT2D eigenvalue weighted by atomic mass is 9.99. The number of rotatable bonds is 58. The second-order valence-electron chi connectivity index (χ2n) is 23.3. The summed E-state index contributed by atoms with van der Waals surface area (Å²) in [4.78, 5) is 13.1. The van der Waals surface area contributed by atoms with Gasteiger partial charge in [0.05, 0.1) is 25.4 Å². The molecule has 1 amide bonds. The van der Waals surface area contributed by atoms with Gasteiger partial charge in [-0.3, -0.25) is 4.79 Å². The van der Waals surface area contributed by atoms with Crippen molar-refractivity contribution in [1.29, 1.82) is 0 Å². The Hall–Kier alpha value is -1.59. The van der Waals surface area contributed by atoms with E-state index in [4.69, 9.17) is 9.47 Å². The molecule has 1 rings (SSSR count). The van der Waals surface area contributed by atoms with Gasteiger partial charge in [-0.2, -0.15) is 0 Å². The molecule has 0 aliphatic carbocycles. The standard InChI is InChI=1S/C67H127NO8/c1-3-5-7-9-11-13-15-17-19-21-23-25-26-27-28-29-30-31-32-33-34-35-37-39-41-43-45-47-49-51-53-55-57-63(71)68-60(59-75-67-66(74)65(73)64(72)62(58-69)76-67)61(70)56-54-52-50-48-46-44-42-40-38-36-24-22-20-18-16-14-12-10-8-6-4-2/h27-28,46,48,54,56,60-62,64-67,69-70,72-74H,3-26,29-45,47,49-53,55,57-59H2,1-2H3,(H,68,71)/b28-27-,48-46+,56-54+. The molecule has 0 aromatic heterocycles. The first-order chi connectivity index (χ1) is 37.3. The molecule has 7 unspecified atom stereocenters. The summed E-state index contributed by atoms with van der Waals surface area (Å²) < 4.78 is 11.3. The second kappa shape index (κ2) is 56.7. The van der Waals surface area contributed by atoms with Gasteiger partial charge in [0.15, 0.2) is 6.29 Å². The number of aliphatic hydroxyl groups excluding tert-OH is 5. The van der Waals surface area contributed by atoms with Crippen molar-refractivity contribution >= 4 is 5.91 Å². The molecule has 0 spiro atoms. The van der Waals surface area contributed by atoms with Gasteiger partial charge in [0, 0.05) is 6.42 Å². The molecular formula is C67H127NO8. The monoisotopic (exact) mass is 1070 g/mol. The molecule has 7 atom stereocenters. The minimum Gasteiger partial charge on any atom is -0.394 e. The van der Waals surface area contributed by atoms with Crippen LogP contribution in [0.4, 0.5) is 0 Å². The lowest BCUT2D eigenvalue weighted by molar-refractivity contribution is -0.302. The normalized spacial score (nSPS) is 19.0. The van der Waals surface area contributed by atoms with Gasteiger partial charge in [0.1, 0.15) is 24.4 Å². The molecule has 6 N–H and O–H groups in total. The second-order valence-corrected chi connectivity index (χ2v) is 23.3. The number of nitrogens with one attached hydrogen (secondary N) is 1. The highest BCUT2D eigenvalue weighted by Crippen LogP contribution is 2.23. The van der Waals surface area contributed by atoms with Crippen molar-refractivity contribution in [3.8, 4) is 0 Å². The lowest BCUT2D eigenvalue weighted by Gasteiger charge is -2.40. The van der Waals surface area contributed by atoms with Crippen LogP contribution >= 0.6 is 0 Å². The van der Waals surface area contributed by atoms with Gasteiger partial charge in [-0.05, 0) is 57.8 Å². The Labute approximate surface area is 470 Å². The molecule has 0 saturated carbocycles. The molecule has 1 saturated heterocycles. The largest absolute Gasteiger partial charge is 0.394 e. The van der Waals surface area contributed by atoms with Crippen LogP contribution in [0.15, 0.2) is 36.5 Å². The molecule has 1 fully saturated rings. The number of allylic oxidation sites excluding steroid dienone is 5. The van der Waals surface area contributed by atoms with E-state index in [1.54, 1.807) is 6.08 Å². The van der Waals surface area contributed by atoms with Crippen molar-refractivity contribution in [2.75, 3.05) is 13.2 Å². The van der Waals surface area contributed by atoms with Crippen LogP contribution in [0.2, 0.25) is 0 Å². The number of amides is 1. The van der Waals surface area contributed by atoms with Crippen LogP contribution in [0, 0.1) is 0 Å². The molecule has 448 valence electrons. The Morgan fingerprint density at radius 1 is 0.434 bits per heavy atom.